The van der Waals surface area contributed by atoms with Gasteiger partial charge in [-0.2, -0.15) is 13.2 Å². The molecule has 0 bridgehead atoms. The average molecular weight is 306 g/mol. The molecule has 0 aromatic heterocycles. The van der Waals surface area contributed by atoms with Crippen molar-refractivity contribution in [3.8, 4) is 0 Å². The summed E-state index contributed by atoms with van der Waals surface area (Å²) in [6.07, 6.45) is 2.48. The van der Waals surface area contributed by atoms with Gasteiger partial charge in [-0.3, -0.25) is 4.90 Å². The SMILES string of the molecule is CC1CCCCC1N(C)C1(CN)CCCC(C(F)(F)F)C1. The van der Waals surface area contributed by atoms with E-state index in [1.807, 2.05) is 7.05 Å². The molecular formula is C16H29F3N2. The Balaban J connectivity index is 2.15. The second-order valence-corrected chi connectivity index (χ2v) is 7.20. The highest BCUT2D eigenvalue weighted by Crippen LogP contribution is 2.45. The fourth-order valence-electron chi connectivity index (χ4n) is 4.49. The quantitative estimate of drug-likeness (QED) is 0.855. The lowest BCUT2D eigenvalue weighted by molar-refractivity contribution is -0.195. The maximum absolute atomic E-state index is 13.1. The lowest BCUT2D eigenvalue weighted by Crippen LogP contribution is -2.60. The highest BCUT2D eigenvalue weighted by Gasteiger charge is 2.50. The molecule has 0 amide bonds. The largest absolute Gasteiger partial charge is 0.391 e. The molecule has 0 aromatic rings. The predicted molar refractivity (Wildman–Crippen MR) is 79.0 cm³/mol. The van der Waals surface area contributed by atoms with Gasteiger partial charge in [0, 0.05) is 18.1 Å². The maximum Gasteiger partial charge on any atom is 0.391 e. The Kier molecular flexibility index (Phi) is 5.24. The minimum atomic E-state index is -4.08. The molecule has 0 radical (unpaired) electrons. The molecule has 2 saturated carbocycles. The van der Waals surface area contributed by atoms with Gasteiger partial charge in [0.1, 0.15) is 0 Å². The van der Waals surface area contributed by atoms with Gasteiger partial charge < -0.3 is 5.73 Å². The fraction of sp³-hybridized carbons (Fsp3) is 1.00. The van der Waals surface area contributed by atoms with E-state index in [0.29, 0.717) is 24.9 Å². The first-order valence-corrected chi connectivity index (χ1v) is 8.30. The van der Waals surface area contributed by atoms with E-state index in [1.165, 1.54) is 19.3 Å². The Morgan fingerprint density at radius 2 is 1.81 bits per heavy atom. The van der Waals surface area contributed by atoms with Crippen LogP contribution in [0.15, 0.2) is 0 Å². The van der Waals surface area contributed by atoms with Crippen LogP contribution in [0.4, 0.5) is 13.2 Å². The van der Waals surface area contributed by atoms with Crippen molar-refractivity contribution >= 4 is 0 Å². The van der Waals surface area contributed by atoms with Gasteiger partial charge >= 0.3 is 6.18 Å². The van der Waals surface area contributed by atoms with Crippen molar-refractivity contribution in [2.75, 3.05) is 13.6 Å². The number of nitrogens with two attached hydrogens (primary N) is 1. The van der Waals surface area contributed by atoms with E-state index in [2.05, 4.69) is 11.8 Å². The Hall–Kier alpha value is -0.290. The Bertz CT molecular complexity index is 345. The van der Waals surface area contributed by atoms with Crippen molar-refractivity contribution in [2.45, 2.75) is 76.0 Å². The number of halogens is 3. The first-order valence-electron chi connectivity index (χ1n) is 8.30. The monoisotopic (exact) mass is 306 g/mol. The lowest BCUT2D eigenvalue weighted by Gasteiger charge is -2.52. The van der Waals surface area contributed by atoms with Gasteiger partial charge in [0.2, 0.25) is 0 Å². The van der Waals surface area contributed by atoms with Gasteiger partial charge in [-0.15, -0.1) is 0 Å². The smallest absolute Gasteiger partial charge is 0.329 e. The topological polar surface area (TPSA) is 29.3 Å². The van der Waals surface area contributed by atoms with Gasteiger partial charge in [-0.05, 0) is 45.1 Å². The molecule has 4 atom stereocenters. The molecule has 0 saturated heterocycles. The van der Waals surface area contributed by atoms with Crippen LogP contribution < -0.4 is 5.73 Å². The van der Waals surface area contributed by atoms with Crippen LogP contribution in [0.1, 0.15) is 58.3 Å². The third-order valence-electron chi connectivity index (χ3n) is 5.98. The third-order valence-corrected chi connectivity index (χ3v) is 5.98. The highest BCUT2D eigenvalue weighted by molar-refractivity contribution is 5.00. The molecule has 124 valence electrons. The van der Waals surface area contributed by atoms with E-state index < -0.39 is 17.6 Å². The van der Waals surface area contributed by atoms with Crippen molar-refractivity contribution < 1.29 is 13.2 Å². The molecule has 0 aromatic carbocycles. The van der Waals surface area contributed by atoms with Crippen molar-refractivity contribution in [1.82, 2.24) is 4.90 Å². The van der Waals surface area contributed by atoms with Crippen LogP contribution in [0, 0.1) is 11.8 Å². The van der Waals surface area contributed by atoms with Crippen molar-refractivity contribution in [3.63, 3.8) is 0 Å². The molecule has 2 rings (SSSR count). The Morgan fingerprint density at radius 1 is 1.14 bits per heavy atom. The summed E-state index contributed by atoms with van der Waals surface area (Å²) in [5.41, 5.74) is 5.52. The predicted octanol–water partition coefficient (Wildman–Crippen LogP) is 3.95. The fourth-order valence-corrected chi connectivity index (χ4v) is 4.49. The summed E-state index contributed by atoms with van der Waals surface area (Å²) >= 11 is 0. The molecule has 0 aliphatic heterocycles. The van der Waals surface area contributed by atoms with E-state index in [1.54, 1.807) is 0 Å². The van der Waals surface area contributed by atoms with Gasteiger partial charge in [-0.1, -0.05) is 26.2 Å². The molecule has 2 aliphatic carbocycles. The van der Waals surface area contributed by atoms with Crippen LogP contribution in [-0.2, 0) is 0 Å². The second-order valence-electron chi connectivity index (χ2n) is 7.20. The Labute approximate surface area is 126 Å². The van der Waals surface area contributed by atoms with E-state index in [4.69, 9.17) is 5.73 Å². The first kappa shape index (κ1) is 17.1. The molecule has 5 heteroatoms. The number of hydrogen-bond acceptors (Lipinski definition) is 2. The van der Waals surface area contributed by atoms with Gasteiger partial charge in [0.05, 0.1) is 5.92 Å². The molecule has 2 aliphatic rings. The number of nitrogens with zero attached hydrogens (tertiary/aromatic N) is 1. The molecule has 2 N–H and O–H groups in total. The standard InChI is InChI=1S/C16H29F3N2/c1-12-6-3-4-8-14(12)21(2)15(11-20)9-5-7-13(10-15)16(17,18)19/h12-14H,3-11,20H2,1-2H3. The lowest BCUT2D eigenvalue weighted by atomic mass is 9.72. The third kappa shape index (κ3) is 3.55. The molecule has 0 spiro atoms. The normalized spacial score (nSPS) is 38.7. The van der Waals surface area contributed by atoms with Crippen LogP contribution in [0.5, 0.6) is 0 Å². The van der Waals surface area contributed by atoms with Crippen LogP contribution >= 0.6 is 0 Å². The highest BCUT2D eigenvalue weighted by atomic mass is 19.4. The molecule has 2 nitrogen and oxygen atoms in total. The minimum absolute atomic E-state index is 0.173. The van der Waals surface area contributed by atoms with Crippen LogP contribution in [0.25, 0.3) is 0 Å². The number of rotatable bonds is 3. The molecular weight excluding hydrogens is 277 g/mol. The zero-order valence-electron chi connectivity index (χ0n) is 13.3. The van der Waals surface area contributed by atoms with Crippen molar-refractivity contribution in [2.24, 2.45) is 17.6 Å². The van der Waals surface area contributed by atoms with E-state index in [-0.39, 0.29) is 12.8 Å². The summed E-state index contributed by atoms with van der Waals surface area (Å²) in [5, 5.41) is 0. The second kappa shape index (κ2) is 6.45. The Morgan fingerprint density at radius 3 is 2.38 bits per heavy atom. The number of hydrogen-bond donors (Lipinski definition) is 1. The summed E-state index contributed by atoms with van der Waals surface area (Å²) < 4.78 is 39.4. The zero-order valence-corrected chi connectivity index (χ0v) is 13.3. The summed E-state index contributed by atoms with van der Waals surface area (Å²) in [6.45, 7) is 2.56. The summed E-state index contributed by atoms with van der Waals surface area (Å²) in [7, 11) is 2.01. The minimum Gasteiger partial charge on any atom is -0.329 e. The average Bonchev–Trinajstić information content (AvgIpc) is 2.46. The summed E-state index contributed by atoms with van der Waals surface area (Å²) in [4.78, 5) is 2.23. The van der Waals surface area contributed by atoms with Crippen LogP contribution in [0.2, 0.25) is 0 Å². The van der Waals surface area contributed by atoms with E-state index in [9.17, 15) is 13.2 Å². The maximum atomic E-state index is 13.1. The van der Waals surface area contributed by atoms with Crippen molar-refractivity contribution in [1.29, 1.82) is 0 Å². The number of alkyl halides is 3. The van der Waals surface area contributed by atoms with Gasteiger partial charge in [0.25, 0.3) is 0 Å². The van der Waals surface area contributed by atoms with Crippen LogP contribution in [0.3, 0.4) is 0 Å². The molecule has 0 heterocycles. The van der Waals surface area contributed by atoms with Gasteiger partial charge in [-0.25, -0.2) is 0 Å². The zero-order chi connectivity index (χ0) is 15.7. The summed E-state index contributed by atoms with van der Waals surface area (Å²) in [5.74, 6) is -0.630. The molecule has 4 unspecified atom stereocenters. The number of likely N-dealkylation sites (N-methyl/N-ethyl adjacent to an activating group) is 1. The van der Waals surface area contributed by atoms with E-state index >= 15 is 0 Å². The van der Waals surface area contributed by atoms with E-state index in [0.717, 1.165) is 12.8 Å². The molecule has 21 heavy (non-hydrogen) atoms. The van der Waals surface area contributed by atoms with Crippen LogP contribution in [-0.4, -0.2) is 36.2 Å². The molecule has 2 fully saturated rings. The van der Waals surface area contributed by atoms with Gasteiger partial charge in [0.15, 0.2) is 0 Å². The summed E-state index contributed by atoms with van der Waals surface area (Å²) in [6, 6.07) is 0.384. The van der Waals surface area contributed by atoms with Crippen molar-refractivity contribution in [3.05, 3.63) is 0 Å². The first-order chi connectivity index (χ1) is 9.80.